The number of hydrogen-bond donors (Lipinski definition) is 1. The molecule has 3 rings (SSSR count). The van der Waals surface area contributed by atoms with Gasteiger partial charge in [-0.25, -0.2) is 9.37 Å². The Kier molecular flexibility index (Phi) is 3.81. The Morgan fingerprint density at radius 1 is 1.23 bits per heavy atom. The summed E-state index contributed by atoms with van der Waals surface area (Å²) in [6.45, 7) is 2.50. The molecule has 0 bridgehead atoms. The third-order valence-corrected chi connectivity index (χ3v) is 3.65. The Morgan fingerprint density at radius 2 is 1.95 bits per heavy atom. The van der Waals surface area contributed by atoms with Gasteiger partial charge in [0.25, 0.3) is 0 Å². The SMILES string of the molecule is COc1ccc2c(c1)nc(C(C)N)n2Cc1ccc(F)cc1. The molecular weight excluding hydrogens is 281 g/mol. The minimum absolute atomic E-state index is 0.196. The Bertz CT molecular complexity index is 794. The molecule has 114 valence electrons. The summed E-state index contributed by atoms with van der Waals surface area (Å²) in [5.74, 6) is 1.32. The Balaban J connectivity index is 2.09. The molecule has 4 nitrogen and oxygen atoms in total. The maximum atomic E-state index is 13.1. The summed E-state index contributed by atoms with van der Waals surface area (Å²) < 4.78 is 20.4. The maximum absolute atomic E-state index is 13.1. The van der Waals surface area contributed by atoms with Gasteiger partial charge in [-0.3, -0.25) is 0 Å². The number of methoxy groups -OCH3 is 1. The van der Waals surface area contributed by atoms with Crippen LogP contribution >= 0.6 is 0 Å². The van der Waals surface area contributed by atoms with Crippen LogP contribution in [0.3, 0.4) is 0 Å². The molecular formula is C17H18FN3O. The van der Waals surface area contributed by atoms with Crippen molar-refractivity contribution in [3.05, 3.63) is 59.7 Å². The van der Waals surface area contributed by atoms with Crippen molar-refractivity contribution in [3.63, 3.8) is 0 Å². The van der Waals surface area contributed by atoms with Crippen molar-refractivity contribution in [2.24, 2.45) is 5.73 Å². The zero-order valence-electron chi connectivity index (χ0n) is 12.6. The van der Waals surface area contributed by atoms with Gasteiger partial charge in [0.1, 0.15) is 17.4 Å². The van der Waals surface area contributed by atoms with E-state index in [0.717, 1.165) is 28.2 Å². The largest absolute Gasteiger partial charge is 0.497 e. The number of nitrogens with two attached hydrogens (primary N) is 1. The highest BCUT2D eigenvalue weighted by atomic mass is 19.1. The standard InChI is InChI=1S/C17H18FN3O/c1-11(19)17-20-15-9-14(22-2)7-8-16(15)21(17)10-12-3-5-13(18)6-4-12/h3-9,11H,10,19H2,1-2H3. The molecule has 5 heteroatoms. The lowest BCUT2D eigenvalue weighted by Gasteiger charge is -2.11. The number of imidazole rings is 1. The van der Waals surface area contributed by atoms with Crippen molar-refractivity contribution >= 4 is 11.0 Å². The molecule has 1 unspecified atom stereocenters. The van der Waals surface area contributed by atoms with Gasteiger partial charge in [0.15, 0.2) is 0 Å². The average molecular weight is 299 g/mol. The van der Waals surface area contributed by atoms with Crippen LogP contribution in [0.4, 0.5) is 4.39 Å². The van der Waals surface area contributed by atoms with E-state index in [2.05, 4.69) is 9.55 Å². The fourth-order valence-corrected chi connectivity index (χ4v) is 2.54. The van der Waals surface area contributed by atoms with E-state index in [9.17, 15) is 4.39 Å². The predicted octanol–water partition coefficient (Wildman–Crippen LogP) is 3.25. The second-order valence-electron chi connectivity index (χ2n) is 5.33. The first-order valence-corrected chi connectivity index (χ1v) is 7.12. The highest BCUT2D eigenvalue weighted by Crippen LogP contribution is 2.25. The van der Waals surface area contributed by atoms with Gasteiger partial charge in [0.2, 0.25) is 0 Å². The first-order chi connectivity index (χ1) is 10.6. The molecule has 1 aromatic heterocycles. The molecule has 0 radical (unpaired) electrons. The van der Waals surface area contributed by atoms with Crippen LogP contribution < -0.4 is 10.5 Å². The first kappa shape index (κ1) is 14.5. The second-order valence-corrected chi connectivity index (χ2v) is 5.33. The molecule has 3 aromatic rings. The van der Waals surface area contributed by atoms with Crippen LogP contribution in [0.25, 0.3) is 11.0 Å². The fourth-order valence-electron chi connectivity index (χ4n) is 2.54. The lowest BCUT2D eigenvalue weighted by molar-refractivity contribution is 0.415. The Morgan fingerprint density at radius 3 is 2.59 bits per heavy atom. The Labute approximate surface area is 128 Å². The van der Waals surface area contributed by atoms with E-state index in [1.165, 1.54) is 12.1 Å². The number of nitrogens with zero attached hydrogens (tertiary/aromatic N) is 2. The number of hydrogen-bond acceptors (Lipinski definition) is 3. The average Bonchev–Trinajstić information content (AvgIpc) is 2.87. The van der Waals surface area contributed by atoms with E-state index in [-0.39, 0.29) is 11.9 Å². The number of fused-ring (bicyclic) bond motifs is 1. The lowest BCUT2D eigenvalue weighted by atomic mass is 10.2. The minimum atomic E-state index is -0.239. The van der Waals surface area contributed by atoms with E-state index in [1.54, 1.807) is 19.2 Å². The van der Waals surface area contributed by atoms with E-state index in [0.29, 0.717) is 6.54 Å². The molecule has 1 heterocycles. The van der Waals surface area contributed by atoms with Gasteiger partial charge < -0.3 is 15.0 Å². The summed E-state index contributed by atoms with van der Waals surface area (Å²) in [6.07, 6.45) is 0. The molecule has 0 aliphatic carbocycles. The lowest BCUT2D eigenvalue weighted by Crippen LogP contribution is -2.14. The minimum Gasteiger partial charge on any atom is -0.497 e. The molecule has 0 spiro atoms. The van der Waals surface area contributed by atoms with Crippen molar-refractivity contribution in [2.75, 3.05) is 7.11 Å². The molecule has 22 heavy (non-hydrogen) atoms. The molecule has 1 atom stereocenters. The van der Waals surface area contributed by atoms with Gasteiger partial charge in [0.05, 0.1) is 24.2 Å². The predicted molar refractivity (Wildman–Crippen MR) is 84.4 cm³/mol. The van der Waals surface area contributed by atoms with Crippen LogP contribution in [0, 0.1) is 5.82 Å². The van der Waals surface area contributed by atoms with E-state index in [1.807, 2.05) is 25.1 Å². The molecule has 0 aliphatic rings. The van der Waals surface area contributed by atoms with Crippen LogP contribution in [0.2, 0.25) is 0 Å². The summed E-state index contributed by atoms with van der Waals surface area (Å²) in [6, 6.07) is 12.0. The van der Waals surface area contributed by atoms with Crippen molar-refractivity contribution in [3.8, 4) is 5.75 Å². The third-order valence-electron chi connectivity index (χ3n) is 3.65. The van der Waals surface area contributed by atoms with Crippen molar-refractivity contribution in [1.82, 2.24) is 9.55 Å². The van der Waals surface area contributed by atoms with Crippen LogP contribution in [0.15, 0.2) is 42.5 Å². The van der Waals surface area contributed by atoms with Crippen molar-refractivity contribution in [1.29, 1.82) is 0 Å². The first-order valence-electron chi connectivity index (χ1n) is 7.12. The van der Waals surface area contributed by atoms with E-state index in [4.69, 9.17) is 10.5 Å². The molecule has 2 N–H and O–H groups in total. The Hall–Kier alpha value is -2.40. The van der Waals surface area contributed by atoms with Crippen LogP contribution in [-0.2, 0) is 6.54 Å². The number of benzene rings is 2. The van der Waals surface area contributed by atoms with Gasteiger partial charge in [-0.15, -0.1) is 0 Å². The van der Waals surface area contributed by atoms with Gasteiger partial charge in [-0.05, 0) is 36.8 Å². The van der Waals surface area contributed by atoms with Crippen LogP contribution in [0.5, 0.6) is 5.75 Å². The quantitative estimate of drug-likeness (QED) is 0.804. The number of ether oxygens (including phenoxy) is 1. The summed E-state index contributed by atoms with van der Waals surface area (Å²) in [4.78, 5) is 4.62. The maximum Gasteiger partial charge on any atom is 0.126 e. The van der Waals surface area contributed by atoms with E-state index < -0.39 is 0 Å². The number of rotatable bonds is 4. The van der Waals surface area contributed by atoms with Crippen molar-refractivity contribution < 1.29 is 9.13 Å². The number of aromatic nitrogens is 2. The highest BCUT2D eigenvalue weighted by Gasteiger charge is 2.15. The monoisotopic (exact) mass is 299 g/mol. The fraction of sp³-hybridized carbons (Fsp3) is 0.235. The summed E-state index contributed by atoms with van der Waals surface area (Å²) >= 11 is 0. The normalized spacial score (nSPS) is 12.5. The zero-order valence-corrected chi connectivity index (χ0v) is 12.6. The summed E-state index contributed by atoms with van der Waals surface area (Å²) in [7, 11) is 1.63. The topological polar surface area (TPSA) is 53.1 Å². The molecule has 0 saturated heterocycles. The van der Waals surface area contributed by atoms with Crippen LogP contribution in [0.1, 0.15) is 24.4 Å². The molecule has 2 aromatic carbocycles. The molecule has 0 fully saturated rings. The second kappa shape index (κ2) is 5.77. The van der Waals surface area contributed by atoms with Gasteiger partial charge in [0, 0.05) is 12.6 Å². The third kappa shape index (κ3) is 2.67. The highest BCUT2D eigenvalue weighted by molar-refractivity contribution is 5.78. The molecule has 0 aliphatic heterocycles. The van der Waals surface area contributed by atoms with Gasteiger partial charge in [-0.1, -0.05) is 12.1 Å². The summed E-state index contributed by atoms with van der Waals surface area (Å²) in [5.41, 5.74) is 8.88. The smallest absolute Gasteiger partial charge is 0.126 e. The molecule has 0 amide bonds. The van der Waals surface area contributed by atoms with Crippen LogP contribution in [-0.4, -0.2) is 16.7 Å². The van der Waals surface area contributed by atoms with Gasteiger partial charge >= 0.3 is 0 Å². The summed E-state index contributed by atoms with van der Waals surface area (Å²) in [5, 5.41) is 0. The van der Waals surface area contributed by atoms with Gasteiger partial charge in [-0.2, -0.15) is 0 Å². The molecule has 0 saturated carbocycles. The zero-order chi connectivity index (χ0) is 15.7. The number of halogens is 1. The van der Waals surface area contributed by atoms with E-state index >= 15 is 0 Å². The van der Waals surface area contributed by atoms with Crippen molar-refractivity contribution in [2.45, 2.75) is 19.5 Å².